The van der Waals surface area contributed by atoms with Crippen LogP contribution in [0.3, 0.4) is 0 Å². The average Bonchev–Trinajstić information content (AvgIpc) is 2.71. The predicted molar refractivity (Wildman–Crippen MR) is 73.2 cm³/mol. The van der Waals surface area contributed by atoms with Gasteiger partial charge in [0, 0.05) is 18.9 Å². The van der Waals surface area contributed by atoms with E-state index in [1.165, 1.54) is 0 Å². The van der Waals surface area contributed by atoms with Gasteiger partial charge in [-0.15, -0.1) is 3.89 Å². The first kappa shape index (κ1) is 18.8. The summed E-state index contributed by atoms with van der Waals surface area (Å²) in [5, 5.41) is 12.6. The molecular weight excluding hydrogens is 337 g/mol. The van der Waals surface area contributed by atoms with Gasteiger partial charge in [-0.1, -0.05) is 0 Å². The van der Waals surface area contributed by atoms with Crippen LogP contribution in [0.4, 0.5) is 3.89 Å². The molecule has 0 aliphatic carbocycles. The van der Waals surface area contributed by atoms with Crippen LogP contribution in [0.15, 0.2) is 0 Å². The van der Waals surface area contributed by atoms with E-state index >= 15 is 0 Å². The average molecular weight is 353 g/mol. The molecule has 0 aromatic carbocycles. The van der Waals surface area contributed by atoms with Crippen LogP contribution in [0.2, 0.25) is 0 Å². The highest BCUT2D eigenvalue weighted by Gasteiger charge is 2.33. The van der Waals surface area contributed by atoms with Gasteiger partial charge >= 0.3 is 16.2 Å². The van der Waals surface area contributed by atoms with Gasteiger partial charge in [-0.2, -0.15) is 8.42 Å². The summed E-state index contributed by atoms with van der Waals surface area (Å²) >= 11 is 0. The molecular formula is C11H16FN3O7S. The van der Waals surface area contributed by atoms with Crippen molar-refractivity contribution in [2.24, 2.45) is 5.92 Å². The summed E-state index contributed by atoms with van der Waals surface area (Å²) in [6.07, 6.45) is -0.171. The quantitative estimate of drug-likeness (QED) is 0.407. The Kier molecular flexibility index (Phi) is 6.42. The molecule has 3 amide bonds. The molecule has 1 heterocycles. The van der Waals surface area contributed by atoms with Crippen molar-refractivity contribution in [3.8, 4) is 0 Å². The van der Waals surface area contributed by atoms with Gasteiger partial charge in [-0.05, 0) is 0 Å². The second kappa shape index (κ2) is 7.85. The third-order valence-corrected chi connectivity index (χ3v) is 3.82. The number of nitrogens with one attached hydrogen (secondary N) is 2. The zero-order chi connectivity index (χ0) is 17.6. The Morgan fingerprint density at radius 1 is 1.22 bits per heavy atom. The van der Waals surface area contributed by atoms with Gasteiger partial charge in [0.2, 0.25) is 17.7 Å². The number of aliphatic carboxylic acids is 1. The van der Waals surface area contributed by atoms with Crippen molar-refractivity contribution < 1.29 is 36.6 Å². The van der Waals surface area contributed by atoms with E-state index in [4.69, 9.17) is 5.11 Å². The number of nitrogens with zero attached hydrogens (tertiary/aromatic N) is 1. The summed E-state index contributed by atoms with van der Waals surface area (Å²) in [7, 11) is -4.70. The first-order valence-corrected chi connectivity index (χ1v) is 8.07. The Balaban J connectivity index is 2.35. The maximum absolute atomic E-state index is 12.6. The standard InChI is InChI=1S/C11H16FN3O7S/c12-23(21,22)6-7-1-10(18)15(4-7)5-9(17)13-2-8(16)14-3-11(19)20/h7H,1-6H2,(H,13,17)(H,14,16)(H,19,20). The zero-order valence-electron chi connectivity index (χ0n) is 12.0. The van der Waals surface area contributed by atoms with E-state index in [-0.39, 0.29) is 13.0 Å². The van der Waals surface area contributed by atoms with Gasteiger partial charge in [-0.25, -0.2) is 0 Å². The zero-order valence-corrected chi connectivity index (χ0v) is 12.8. The van der Waals surface area contributed by atoms with Gasteiger partial charge in [0.25, 0.3) is 0 Å². The number of carboxylic acid groups (broad SMARTS) is 1. The molecule has 1 aliphatic rings. The van der Waals surface area contributed by atoms with Gasteiger partial charge in [0.05, 0.1) is 18.8 Å². The molecule has 0 spiro atoms. The molecule has 1 unspecified atom stereocenters. The number of amides is 3. The Morgan fingerprint density at radius 2 is 1.83 bits per heavy atom. The number of carboxylic acids is 1. The smallest absolute Gasteiger partial charge is 0.322 e. The van der Waals surface area contributed by atoms with E-state index in [0.717, 1.165) is 4.90 Å². The second-order valence-electron chi connectivity index (χ2n) is 5.00. The fourth-order valence-electron chi connectivity index (χ4n) is 2.04. The lowest BCUT2D eigenvalue weighted by Crippen LogP contribution is -2.43. The van der Waals surface area contributed by atoms with Crippen LogP contribution < -0.4 is 10.6 Å². The third kappa shape index (κ3) is 7.54. The van der Waals surface area contributed by atoms with Crippen LogP contribution in [-0.4, -0.2) is 74.0 Å². The van der Waals surface area contributed by atoms with Crippen molar-refractivity contribution in [2.75, 3.05) is 31.9 Å². The minimum Gasteiger partial charge on any atom is -0.480 e. The number of hydrogen-bond acceptors (Lipinski definition) is 6. The Labute approximate surface area is 131 Å². The molecule has 1 fully saturated rings. The number of hydrogen-bond donors (Lipinski definition) is 3. The van der Waals surface area contributed by atoms with Crippen molar-refractivity contribution in [1.29, 1.82) is 0 Å². The first-order chi connectivity index (χ1) is 10.6. The van der Waals surface area contributed by atoms with Gasteiger partial charge in [0.15, 0.2) is 0 Å². The molecule has 23 heavy (non-hydrogen) atoms. The van der Waals surface area contributed by atoms with Gasteiger partial charge < -0.3 is 20.6 Å². The van der Waals surface area contributed by atoms with Gasteiger partial charge in [0.1, 0.15) is 6.54 Å². The largest absolute Gasteiger partial charge is 0.480 e. The molecule has 0 saturated carbocycles. The molecule has 1 rings (SSSR count). The van der Waals surface area contributed by atoms with Gasteiger partial charge in [-0.3, -0.25) is 19.2 Å². The molecule has 1 atom stereocenters. The van der Waals surface area contributed by atoms with Crippen molar-refractivity contribution in [3.63, 3.8) is 0 Å². The minimum atomic E-state index is -4.70. The van der Waals surface area contributed by atoms with Crippen LogP contribution in [0.25, 0.3) is 0 Å². The van der Waals surface area contributed by atoms with Crippen molar-refractivity contribution in [1.82, 2.24) is 15.5 Å². The second-order valence-corrected chi connectivity index (χ2v) is 6.41. The van der Waals surface area contributed by atoms with E-state index < -0.39 is 65.2 Å². The lowest BCUT2D eigenvalue weighted by atomic mass is 10.1. The summed E-state index contributed by atoms with van der Waals surface area (Å²) in [6, 6.07) is 0. The summed E-state index contributed by atoms with van der Waals surface area (Å²) in [4.78, 5) is 45.7. The lowest BCUT2D eigenvalue weighted by molar-refractivity contribution is -0.138. The van der Waals surface area contributed by atoms with Crippen molar-refractivity contribution in [2.45, 2.75) is 6.42 Å². The lowest BCUT2D eigenvalue weighted by Gasteiger charge is -2.15. The van der Waals surface area contributed by atoms with Crippen LogP contribution >= 0.6 is 0 Å². The number of halogens is 1. The fourth-order valence-corrected chi connectivity index (χ4v) is 2.83. The number of carbonyl (C=O) groups is 4. The highest BCUT2D eigenvalue weighted by atomic mass is 32.3. The SMILES string of the molecule is O=C(O)CNC(=O)CNC(=O)CN1CC(CS(=O)(=O)F)CC1=O. The predicted octanol–water partition coefficient (Wildman–Crippen LogP) is -2.55. The number of rotatable bonds is 8. The molecule has 10 nitrogen and oxygen atoms in total. The third-order valence-electron chi connectivity index (χ3n) is 2.95. The minimum absolute atomic E-state index is 0.0688. The molecule has 1 aliphatic heterocycles. The fraction of sp³-hybridized carbons (Fsp3) is 0.636. The van der Waals surface area contributed by atoms with E-state index in [9.17, 15) is 31.5 Å². The Bertz CT molecular complexity index is 607. The van der Waals surface area contributed by atoms with Crippen molar-refractivity contribution >= 4 is 33.9 Å². The van der Waals surface area contributed by atoms with Crippen LogP contribution in [0.1, 0.15) is 6.42 Å². The molecule has 0 aromatic heterocycles. The molecule has 12 heteroatoms. The molecule has 3 N–H and O–H groups in total. The number of carbonyl (C=O) groups excluding carboxylic acids is 3. The number of likely N-dealkylation sites (tertiary alicyclic amines) is 1. The van der Waals surface area contributed by atoms with E-state index in [2.05, 4.69) is 5.32 Å². The molecule has 0 radical (unpaired) electrons. The monoisotopic (exact) mass is 353 g/mol. The maximum Gasteiger partial charge on any atom is 0.322 e. The first-order valence-electron chi connectivity index (χ1n) is 6.52. The Hall–Kier alpha value is -2.24. The molecule has 0 aromatic rings. The van der Waals surface area contributed by atoms with E-state index in [0.29, 0.717) is 0 Å². The summed E-state index contributed by atoms with van der Waals surface area (Å²) < 4.78 is 33.7. The molecule has 130 valence electrons. The van der Waals surface area contributed by atoms with Crippen LogP contribution in [-0.2, 0) is 29.4 Å². The van der Waals surface area contributed by atoms with E-state index in [1.54, 1.807) is 0 Å². The normalized spacial score (nSPS) is 17.9. The highest BCUT2D eigenvalue weighted by Crippen LogP contribution is 2.19. The van der Waals surface area contributed by atoms with E-state index in [1.807, 2.05) is 5.32 Å². The highest BCUT2D eigenvalue weighted by molar-refractivity contribution is 7.86. The summed E-state index contributed by atoms with van der Waals surface area (Å²) in [6.45, 7) is -1.51. The maximum atomic E-state index is 12.6. The van der Waals surface area contributed by atoms with Crippen LogP contribution in [0, 0.1) is 5.92 Å². The van der Waals surface area contributed by atoms with Crippen LogP contribution in [0.5, 0.6) is 0 Å². The van der Waals surface area contributed by atoms with Crippen molar-refractivity contribution in [3.05, 3.63) is 0 Å². The Morgan fingerprint density at radius 3 is 2.39 bits per heavy atom. The molecule has 1 saturated heterocycles. The summed E-state index contributed by atoms with van der Waals surface area (Å²) in [5.74, 6) is -4.61. The topological polar surface area (TPSA) is 150 Å². The summed E-state index contributed by atoms with van der Waals surface area (Å²) in [5.41, 5.74) is 0. The molecule has 0 bridgehead atoms.